The van der Waals surface area contributed by atoms with E-state index in [2.05, 4.69) is 10.6 Å². The van der Waals surface area contributed by atoms with Crippen LogP contribution in [0.5, 0.6) is 0 Å². The molecule has 1 fully saturated rings. The molecule has 0 radical (unpaired) electrons. The number of nitrogens with one attached hydrogen (secondary N) is 2. The summed E-state index contributed by atoms with van der Waals surface area (Å²) in [5.74, 6) is -0.256. The molecule has 1 aliphatic carbocycles. The number of carbonyl (C=O) groups excluding carboxylic acids is 2. The highest BCUT2D eigenvalue weighted by Crippen LogP contribution is 2.47. The van der Waals surface area contributed by atoms with Crippen LogP contribution < -0.4 is 10.6 Å². The van der Waals surface area contributed by atoms with Gasteiger partial charge in [-0.15, -0.1) is 0 Å². The van der Waals surface area contributed by atoms with Crippen molar-refractivity contribution in [3.8, 4) is 0 Å². The van der Waals surface area contributed by atoms with Crippen LogP contribution in [0.4, 0.5) is 9.18 Å². The molecule has 150 valence electrons. The zero-order chi connectivity index (χ0) is 20.2. The number of hydrogen-bond donors (Lipinski definition) is 2. The van der Waals surface area contributed by atoms with E-state index >= 15 is 0 Å². The predicted octanol–water partition coefficient (Wildman–Crippen LogP) is 4.13. The number of rotatable bonds is 7. The summed E-state index contributed by atoms with van der Waals surface area (Å²) >= 11 is 0. The third-order valence-corrected chi connectivity index (χ3v) is 5.14. The van der Waals surface area contributed by atoms with Crippen LogP contribution in [0.15, 0.2) is 24.3 Å². The minimum absolute atomic E-state index is 0.0148. The molecular formula is C21H31FN2O3. The standard InChI is InChI=1S/C21H31FN2O3/c1-6-21(7-2,13-23-19(26)27-20(3,4)5)24-18(25)17-12-16(17)14-8-10-15(22)11-9-14/h8-11,16-17H,6-7,12-13H2,1-5H3,(H,23,26)(H,24,25). The Labute approximate surface area is 161 Å². The second kappa shape index (κ2) is 8.28. The van der Waals surface area contributed by atoms with Gasteiger partial charge >= 0.3 is 6.09 Å². The number of halogens is 1. The molecule has 27 heavy (non-hydrogen) atoms. The van der Waals surface area contributed by atoms with Crippen LogP contribution >= 0.6 is 0 Å². The number of benzene rings is 1. The number of hydrogen-bond acceptors (Lipinski definition) is 3. The summed E-state index contributed by atoms with van der Waals surface area (Å²) in [6.45, 7) is 9.72. The van der Waals surface area contributed by atoms with Gasteiger partial charge in [0.1, 0.15) is 11.4 Å². The van der Waals surface area contributed by atoms with Gasteiger partial charge in [0.05, 0.1) is 5.54 Å². The van der Waals surface area contributed by atoms with Gasteiger partial charge in [-0.05, 0) is 63.6 Å². The SMILES string of the molecule is CCC(CC)(CNC(=O)OC(C)(C)C)NC(=O)C1CC1c1ccc(F)cc1. The van der Waals surface area contributed by atoms with Gasteiger partial charge in [0.25, 0.3) is 0 Å². The summed E-state index contributed by atoms with van der Waals surface area (Å²) in [5, 5.41) is 5.92. The first-order chi connectivity index (χ1) is 12.6. The molecule has 0 heterocycles. The second-order valence-corrected chi connectivity index (χ2v) is 8.33. The fourth-order valence-corrected chi connectivity index (χ4v) is 3.19. The smallest absolute Gasteiger partial charge is 0.407 e. The van der Waals surface area contributed by atoms with Gasteiger partial charge in [-0.2, -0.15) is 0 Å². The Morgan fingerprint density at radius 3 is 2.26 bits per heavy atom. The molecule has 6 heteroatoms. The fraction of sp³-hybridized carbons (Fsp3) is 0.619. The van der Waals surface area contributed by atoms with E-state index in [9.17, 15) is 14.0 Å². The number of carbonyl (C=O) groups is 2. The maximum atomic E-state index is 13.1. The lowest BCUT2D eigenvalue weighted by atomic mass is 9.92. The second-order valence-electron chi connectivity index (χ2n) is 8.33. The van der Waals surface area contributed by atoms with Crippen molar-refractivity contribution < 1.29 is 18.7 Å². The molecule has 0 saturated heterocycles. The predicted molar refractivity (Wildman–Crippen MR) is 103 cm³/mol. The van der Waals surface area contributed by atoms with E-state index in [0.29, 0.717) is 19.4 Å². The zero-order valence-corrected chi connectivity index (χ0v) is 16.9. The Bertz CT molecular complexity index is 663. The monoisotopic (exact) mass is 378 g/mol. The third kappa shape index (κ3) is 5.94. The lowest BCUT2D eigenvalue weighted by molar-refractivity contribution is -0.124. The Morgan fingerprint density at radius 2 is 1.74 bits per heavy atom. The molecule has 2 N–H and O–H groups in total. The molecule has 1 saturated carbocycles. The molecule has 1 aromatic rings. The molecule has 2 amide bonds. The van der Waals surface area contributed by atoms with Crippen LogP contribution in [0.2, 0.25) is 0 Å². The van der Waals surface area contributed by atoms with Crippen molar-refractivity contribution in [1.29, 1.82) is 0 Å². The van der Waals surface area contributed by atoms with Gasteiger partial charge < -0.3 is 15.4 Å². The maximum absolute atomic E-state index is 13.1. The van der Waals surface area contributed by atoms with E-state index in [4.69, 9.17) is 4.74 Å². The maximum Gasteiger partial charge on any atom is 0.407 e. The van der Waals surface area contributed by atoms with Gasteiger partial charge in [0, 0.05) is 12.5 Å². The molecule has 0 bridgehead atoms. The van der Waals surface area contributed by atoms with E-state index in [0.717, 1.165) is 12.0 Å². The van der Waals surface area contributed by atoms with Gasteiger partial charge in [-0.25, -0.2) is 9.18 Å². The number of amides is 2. The molecule has 2 unspecified atom stereocenters. The summed E-state index contributed by atoms with van der Waals surface area (Å²) in [4.78, 5) is 24.7. The molecule has 0 aromatic heterocycles. The van der Waals surface area contributed by atoms with E-state index in [1.54, 1.807) is 12.1 Å². The third-order valence-electron chi connectivity index (χ3n) is 5.14. The molecule has 1 aromatic carbocycles. The Balaban J connectivity index is 1.93. The van der Waals surface area contributed by atoms with Crippen molar-refractivity contribution in [2.45, 2.75) is 70.9 Å². The Morgan fingerprint density at radius 1 is 1.15 bits per heavy atom. The number of alkyl carbamates (subject to hydrolysis) is 1. The van der Waals surface area contributed by atoms with Gasteiger partial charge in [0.2, 0.25) is 5.91 Å². The largest absolute Gasteiger partial charge is 0.444 e. The van der Waals surface area contributed by atoms with Crippen LogP contribution in [-0.4, -0.2) is 29.7 Å². The van der Waals surface area contributed by atoms with Gasteiger partial charge in [-0.1, -0.05) is 26.0 Å². The zero-order valence-electron chi connectivity index (χ0n) is 16.9. The van der Waals surface area contributed by atoms with Crippen molar-refractivity contribution in [3.05, 3.63) is 35.6 Å². The minimum atomic E-state index is -0.565. The highest BCUT2D eigenvalue weighted by atomic mass is 19.1. The Hall–Kier alpha value is -2.11. The summed E-state index contributed by atoms with van der Waals surface area (Å²) in [6.07, 6.45) is 1.66. The molecular weight excluding hydrogens is 347 g/mol. The van der Waals surface area contributed by atoms with Crippen LogP contribution in [0.25, 0.3) is 0 Å². The van der Waals surface area contributed by atoms with Gasteiger partial charge in [0.15, 0.2) is 0 Å². The van der Waals surface area contributed by atoms with Crippen molar-refractivity contribution in [3.63, 3.8) is 0 Å². The van der Waals surface area contributed by atoms with Crippen LogP contribution in [0, 0.1) is 11.7 Å². The van der Waals surface area contributed by atoms with E-state index in [-0.39, 0.29) is 23.6 Å². The van der Waals surface area contributed by atoms with Crippen LogP contribution in [0.3, 0.4) is 0 Å². The van der Waals surface area contributed by atoms with Crippen molar-refractivity contribution in [2.75, 3.05) is 6.54 Å². The van der Waals surface area contributed by atoms with Crippen molar-refractivity contribution >= 4 is 12.0 Å². The summed E-state index contributed by atoms with van der Waals surface area (Å²) in [6, 6.07) is 6.33. The first kappa shape index (κ1) is 21.2. The van der Waals surface area contributed by atoms with Gasteiger partial charge in [-0.3, -0.25) is 4.79 Å². The normalized spacial score (nSPS) is 19.3. The van der Waals surface area contributed by atoms with Crippen molar-refractivity contribution in [1.82, 2.24) is 10.6 Å². The minimum Gasteiger partial charge on any atom is -0.444 e. The van der Waals surface area contributed by atoms with E-state index in [1.165, 1.54) is 12.1 Å². The highest BCUT2D eigenvalue weighted by Gasteiger charge is 2.45. The molecule has 0 aliphatic heterocycles. The first-order valence-corrected chi connectivity index (χ1v) is 9.63. The quantitative estimate of drug-likeness (QED) is 0.750. The van der Waals surface area contributed by atoms with Crippen molar-refractivity contribution in [2.24, 2.45) is 5.92 Å². The summed E-state index contributed by atoms with van der Waals surface area (Å²) in [7, 11) is 0. The number of ether oxygens (including phenoxy) is 1. The van der Waals surface area contributed by atoms with Crippen LogP contribution in [0.1, 0.15) is 65.4 Å². The Kier molecular flexibility index (Phi) is 6.50. The van der Waals surface area contributed by atoms with Crippen LogP contribution in [-0.2, 0) is 9.53 Å². The average Bonchev–Trinajstić information content (AvgIpc) is 3.38. The van der Waals surface area contributed by atoms with E-state index < -0.39 is 17.2 Å². The molecule has 0 spiro atoms. The lowest BCUT2D eigenvalue weighted by Gasteiger charge is -2.33. The molecule has 2 atom stereocenters. The highest BCUT2D eigenvalue weighted by molar-refractivity contribution is 5.83. The summed E-state index contributed by atoms with van der Waals surface area (Å²) < 4.78 is 18.3. The fourth-order valence-electron chi connectivity index (χ4n) is 3.19. The molecule has 2 rings (SSSR count). The lowest BCUT2D eigenvalue weighted by Crippen LogP contribution is -2.55. The summed E-state index contributed by atoms with van der Waals surface area (Å²) in [5.41, 5.74) is -0.0867. The topological polar surface area (TPSA) is 67.4 Å². The average molecular weight is 378 g/mol. The first-order valence-electron chi connectivity index (χ1n) is 9.63. The van der Waals surface area contributed by atoms with E-state index in [1.807, 2.05) is 34.6 Å². The molecule has 1 aliphatic rings. The molecule has 5 nitrogen and oxygen atoms in total.